The topological polar surface area (TPSA) is 376 Å². The number of sulfone groups is 3. The Morgan fingerprint density at radius 2 is 0.619 bits per heavy atom. The minimum atomic E-state index is -4.34. The maximum Gasteiger partial charge on any atom is 0.201 e. The van der Waals surface area contributed by atoms with Crippen molar-refractivity contribution >= 4 is 80.2 Å². The highest BCUT2D eigenvalue weighted by atomic mass is 79.9. The van der Waals surface area contributed by atoms with Crippen LogP contribution in [0.25, 0.3) is 0 Å². The Kier molecular flexibility index (Phi) is 19.4. The van der Waals surface area contributed by atoms with Crippen LogP contribution in [0.15, 0.2) is 293 Å². The molecule has 0 bridgehead atoms. The van der Waals surface area contributed by atoms with E-state index in [1.54, 1.807) is 200 Å². The summed E-state index contributed by atoms with van der Waals surface area (Å²) in [6, 6.07) is 68.0. The number of aliphatic hydroxyl groups is 6. The van der Waals surface area contributed by atoms with Gasteiger partial charge in [0.15, 0.2) is 48.7 Å². The summed E-state index contributed by atoms with van der Waals surface area (Å²) in [7, 11) is -13.0. The predicted molar refractivity (Wildman–Crippen MR) is 414 cm³/mol. The van der Waals surface area contributed by atoms with Gasteiger partial charge < -0.3 is 44.8 Å². The molecule has 6 aromatic heterocycles. The lowest BCUT2D eigenvalue weighted by atomic mass is 9.72. The van der Waals surface area contributed by atoms with Gasteiger partial charge in [-0.1, -0.05) is 196 Å². The third-order valence-corrected chi connectivity index (χ3v) is 29.4. The fraction of sp³-hybridized carbons (Fsp3) is 0.181. The molecular formula is C83H60BrCl3N8O15S3. The van der Waals surface area contributed by atoms with Crippen LogP contribution in [0.2, 0.25) is 15.1 Å². The number of hydrogen-bond donors (Lipinski definition) is 6. The third-order valence-electron chi connectivity index (χ3n) is 22.1. The van der Waals surface area contributed by atoms with E-state index in [0.29, 0.717) is 44.5 Å². The van der Waals surface area contributed by atoms with Gasteiger partial charge in [0.1, 0.15) is 68.4 Å². The first-order valence-corrected chi connectivity index (χ1v) is 41.4. The molecule has 3 aliphatic carbocycles. The maximum atomic E-state index is 14.2. The first kappa shape index (κ1) is 76.5. The van der Waals surface area contributed by atoms with Crippen LogP contribution < -0.4 is 14.2 Å². The highest BCUT2D eigenvalue weighted by Crippen LogP contribution is 2.71. The van der Waals surface area contributed by atoms with Crippen LogP contribution in [0.4, 0.5) is 0 Å². The molecule has 0 radical (unpaired) electrons. The largest absolute Gasteiger partial charge is 0.476 e. The van der Waals surface area contributed by atoms with Crippen LogP contribution in [0, 0.1) is 22.7 Å². The summed E-state index contributed by atoms with van der Waals surface area (Å²) < 4.78 is 105. The summed E-state index contributed by atoms with van der Waals surface area (Å²) in [4.78, 5) is 25.2. The smallest absolute Gasteiger partial charge is 0.201 e. The Bertz CT molecular complexity index is 5890. The minimum Gasteiger partial charge on any atom is -0.476 e. The molecule has 6 aromatic carbocycles. The monoisotopic (exact) mass is 1690 g/mol. The van der Waals surface area contributed by atoms with Crippen molar-refractivity contribution in [3.8, 4) is 29.4 Å². The Hall–Kier alpha value is -10.4. The fourth-order valence-corrected chi connectivity index (χ4v) is 24.2. The van der Waals surface area contributed by atoms with Gasteiger partial charge in [-0.15, -0.1) is 0 Å². The van der Waals surface area contributed by atoms with Gasteiger partial charge in [-0.2, -0.15) is 10.5 Å². The number of aliphatic hydroxyl groups excluding tert-OH is 3. The van der Waals surface area contributed by atoms with E-state index in [1.165, 1.54) is 73.6 Å². The molecule has 568 valence electrons. The molecule has 0 amide bonds. The van der Waals surface area contributed by atoms with Crippen molar-refractivity contribution in [3.63, 3.8) is 0 Å². The number of nitriles is 2. The Morgan fingerprint density at radius 3 is 0.867 bits per heavy atom. The summed E-state index contributed by atoms with van der Waals surface area (Å²) in [6.07, 6.45) is 2.44. The van der Waals surface area contributed by atoms with Gasteiger partial charge in [-0.3, -0.25) is 15.0 Å². The van der Waals surface area contributed by atoms with Crippen molar-refractivity contribution < 1.29 is 70.1 Å². The zero-order chi connectivity index (χ0) is 79.4. The molecule has 113 heavy (non-hydrogen) atoms. The Balaban J connectivity index is 0.000000128. The number of benzene rings is 6. The lowest BCUT2D eigenvalue weighted by Gasteiger charge is -2.40. The van der Waals surface area contributed by atoms with E-state index in [2.05, 4.69) is 58.0 Å². The number of halogens is 4. The zero-order valence-corrected chi connectivity index (χ0v) is 64.7. The van der Waals surface area contributed by atoms with Gasteiger partial charge >= 0.3 is 0 Å². The van der Waals surface area contributed by atoms with Crippen molar-refractivity contribution in [3.05, 3.63) is 355 Å². The molecule has 30 heteroatoms. The number of rotatable bonds is 12. The third kappa shape index (κ3) is 11.4. The number of nitrogens with zero attached hydrogens (tertiary/aromatic N) is 8. The lowest BCUT2D eigenvalue weighted by Crippen LogP contribution is -2.52. The average Bonchev–Trinajstić information content (AvgIpc) is 1.51. The normalized spacial score (nSPS) is 27.9. The van der Waals surface area contributed by atoms with Gasteiger partial charge in [0.05, 0.1) is 56.1 Å². The van der Waals surface area contributed by atoms with Crippen LogP contribution in [0.1, 0.15) is 79.3 Å². The van der Waals surface area contributed by atoms with Crippen molar-refractivity contribution in [1.29, 1.82) is 10.5 Å². The first-order valence-electron chi connectivity index (χ1n) is 34.8. The van der Waals surface area contributed by atoms with Crippen LogP contribution >= 0.6 is 50.7 Å². The van der Waals surface area contributed by atoms with Crippen molar-refractivity contribution in [2.24, 2.45) is 0 Å². The summed E-state index contributed by atoms with van der Waals surface area (Å²) in [5.41, 5.74) is -8.88. The molecule has 0 spiro atoms. The number of fused-ring (bicyclic) bond motifs is 9. The van der Waals surface area contributed by atoms with Crippen LogP contribution in [0.5, 0.6) is 17.2 Å². The molecule has 3 fully saturated rings. The fourth-order valence-electron chi connectivity index (χ4n) is 17.5. The first-order chi connectivity index (χ1) is 54.2. The lowest BCUT2D eigenvalue weighted by molar-refractivity contribution is -0.150. The van der Waals surface area contributed by atoms with E-state index in [0.717, 1.165) is 4.47 Å². The van der Waals surface area contributed by atoms with Gasteiger partial charge in [-0.25, -0.2) is 40.2 Å². The SMILES string of the molecule is N#Cc1ccc([C@@]23Oc4cc(Cl)cnc4[C@]2(O)[C@H](O)[C@H](S(=O)(=O)c2ccccn2)[C@H]3c2ccccc2)cc1.N#Cc1ccc([C@@]23Oc4cc(Cl)cnc4[C@]2(O)[C@H](O)[C@H](S(=O)(=O)c2ccccn2)[C@H]3c2ccccc2)cc1.O=S(=O)(c1ccccn1)[C@H]1[C@@H](O)[C@@]2(O)c3ncc(Cl)cc3O[C@@]2(c2ccc(Br)cc2)[C@@H]1c1ccccc1. The molecule has 12 aromatic rings. The predicted octanol–water partition coefficient (Wildman–Crippen LogP) is 11.3. The van der Waals surface area contributed by atoms with E-state index < -0.39 is 115 Å². The van der Waals surface area contributed by atoms with Crippen LogP contribution in [-0.2, 0) is 63.1 Å². The maximum absolute atomic E-state index is 14.2. The molecule has 3 aliphatic heterocycles. The van der Waals surface area contributed by atoms with E-state index in [9.17, 15) is 66.4 Å². The van der Waals surface area contributed by atoms with Crippen LogP contribution in [0.3, 0.4) is 0 Å². The van der Waals surface area contributed by atoms with E-state index in [4.69, 9.17) is 49.0 Å². The zero-order valence-electron chi connectivity index (χ0n) is 58.3. The molecule has 9 heterocycles. The molecule has 3 saturated carbocycles. The van der Waals surface area contributed by atoms with E-state index >= 15 is 0 Å². The molecule has 0 saturated heterocycles. The van der Waals surface area contributed by atoms with E-state index in [1.807, 2.05) is 0 Å². The molecule has 6 aliphatic rings. The van der Waals surface area contributed by atoms with Gasteiger partial charge in [-0.05, 0) is 106 Å². The molecule has 15 atom stereocenters. The van der Waals surface area contributed by atoms with Gasteiger partial charge in [0.2, 0.25) is 29.5 Å². The number of ether oxygens (including phenoxy) is 3. The number of pyridine rings is 6. The highest BCUT2D eigenvalue weighted by molar-refractivity contribution is 9.10. The molecule has 0 unspecified atom stereocenters. The second-order valence-corrected chi connectivity index (χ2v) is 36.1. The van der Waals surface area contributed by atoms with Crippen LogP contribution in [-0.4, -0.2) is 120 Å². The van der Waals surface area contributed by atoms with Crippen molar-refractivity contribution in [2.45, 2.75) is 100 Å². The van der Waals surface area contributed by atoms with Crippen molar-refractivity contribution in [1.82, 2.24) is 29.9 Å². The highest BCUT2D eigenvalue weighted by Gasteiger charge is 2.82. The average molecular weight is 1690 g/mol. The van der Waals surface area contributed by atoms with Gasteiger partial charge in [0, 0.05) is 59.9 Å². The second-order valence-electron chi connectivity index (χ2n) is 27.7. The van der Waals surface area contributed by atoms with E-state index in [-0.39, 0.29) is 64.5 Å². The molecule has 18 rings (SSSR count). The number of hydrogen-bond acceptors (Lipinski definition) is 23. The van der Waals surface area contributed by atoms with Gasteiger partial charge in [0.25, 0.3) is 0 Å². The standard InChI is InChI=1S/2C28H20ClN3O5S.C27H20BrClN2O5S/c2*29-20-14-21-25(32-16-20)27(34)26(33)24(38(35,36)22-8-4-5-13-31-22)23(18-6-2-1-3-7-18)28(27,37-21)19-11-9-17(15-30)10-12-19;28-18-11-9-17(10-12-18)27-22(16-6-2-1-3-7-16)23(37(34,35)21-8-4-5-13-30-21)25(32)26(27,33)24-20(36-27)14-19(29)15-31-24/h2*1-14,16,23-24,26,33-34H;1-15,22-23,25,32-33H/t2*23-,24-,26-,27+,28+;22-,23-,25-,26+,27+/m111/s1. The summed E-state index contributed by atoms with van der Waals surface area (Å²) in [5.74, 6) is -2.90. The molecule has 23 nitrogen and oxygen atoms in total. The second kappa shape index (κ2) is 28.6. The minimum absolute atomic E-state index is 0.0203. The molecular weight excluding hydrogens is 1630 g/mol. The Morgan fingerprint density at radius 1 is 0.363 bits per heavy atom. The Labute approximate surface area is 670 Å². The number of aromatic nitrogens is 6. The quantitative estimate of drug-likeness (QED) is 0.0661. The summed E-state index contributed by atoms with van der Waals surface area (Å²) in [5, 5.41) is 87.6. The molecule has 6 N–H and O–H groups in total. The summed E-state index contributed by atoms with van der Waals surface area (Å²) >= 11 is 22.0. The summed E-state index contributed by atoms with van der Waals surface area (Å²) in [6.45, 7) is 0. The van der Waals surface area contributed by atoms with Crippen molar-refractivity contribution in [2.75, 3.05) is 0 Å².